The molecule has 0 spiro atoms. The van der Waals surface area contributed by atoms with Gasteiger partial charge in [0.2, 0.25) is 0 Å². The zero-order valence-electron chi connectivity index (χ0n) is 11.7. The topological polar surface area (TPSA) is 46.5 Å². The third kappa shape index (κ3) is 3.09. The summed E-state index contributed by atoms with van der Waals surface area (Å²) in [6, 6.07) is 5.30. The maximum Gasteiger partial charge on any atom is 0.339 e. The second-order valence-corrected chi connectivity index (χ2v) is 5.37. The molecule has 0 bridgehead atoms. The van der Waals surface area contributed by atoms with E-state index in [1.807, 2.05) is 13.0 Å². The number of benzene rings is 1. The van der Waals surface area contributed by atoms with E-state index in [2.05, 4.69) is 6.92 Å². The van der Waals surface area contributed by atoms with Crippen LogP contribution in [0.2, 0.25) is 0 Å². The van der Waals surface area contributed by atoms with E-state index in [0.29, 0.717) is 11.7 Å². The van der Waals surface area contributed by atoms with Gasteiger partial charge in [-0.2, -0.15) is 0 Å². The molecule has 0 saturated heterocycles. The Morgan fingerprint density at radius 1 is 1.37 bits per heavy atom. The fourth-order valence-corrected chi connectivity index (χ4v) is 2.92. The molecule has 2 unspecified atom stereocenters. The molecule has 0 aliphatic heterocycles. The van der Waals surface area contributed by atoms with Gasteiger partial charge in [-0.3, -0.25) is 0 Å². The van der Waals surface area contributed by atoms with Gasteiger partial charge in [0.1, 0.15) is 17.4 Å². The minimum atomic E-state index is -0.914. The molecule has 2 rings (SSSR count). The highest BCUT2D eigenvalue weighted by molar-refractivity contribution is 5.91. The number of carbonyl (C=O) groups is 1. The van der Waals surface area contributed by atoms with E-state index in [0.717, 1.165) is 18.4 Å². The lowest BCUT2D eigenvalue weighted by Crippen LogP contribution is -2.30. The van der Waals surface area contributed by atoms with Crippen molar-refractivity contribution in [1.29, 1.82) is 0 Å². The van der Waals surface area contributed by atoms with E-state index >= 15 is 0 Å². The van der Waals surface area contributed by atoms with E-state index in [1.54, 1.807) is 12.1 Å². The van der Waals surface area contributed by atoms with E-state index in [-0.39, 0.29) is 11.7 Å². The molecule has 1 fully saturated rings. The molecule has 1 aliphatic carbocycles. The van der Waals surface area contributed by atoms with Crippen LogP contribution in [0.1, 0.15) is 54.9 Å². The van der Waals surface area contributed by atoms with Crippen molar-refractivity contribution in [1.82, 2.24) is 0 Å². The summed E-state index contributed by atoms with van der Waals surface area (Å²) in [7, 11) is 0. The fourth-order valence-electron chi connectivity index (χ4n) is 2.92. The van der Waals surface area contributed by atoms with Crippen LogP contribution in [-0.2, 0) is 0 Å². The SMILES string of the molecule is CCC1CCCCC1Oc1c(C)cccc1C(=O)O. The minimum Gasteiger partial charge on any atom is -0.489 e. The Morgan fingerprint density at radius 3 is 2.79 bits per heavy atom. The maximum absolute atomic E-state index is 11.3. The molecule has 0 amide bonds. The number of aryl methyl sites for hydroxylation is 1. The van der Waals surface area contributed by atoms with Gasteiger partial charge in [-0.1, -0.05) is 25.5 Å². The van der Waals surface area contributed by atoms with Crippen molar-refractivity contribution in [3.63, 3.8) is 0 Å². The second-order valence-electron chi connectivity index (χ2n) is 5.37. The first kappa shape index (κ1) is 13.9. The Balaban J connectivity index is 2.24. The molecule has 1 aromatic carbocycles. The summed E-state index contributed by atoms with van der Waals surface area (Å²) >= 11 is 0. The predicted octanol–water partition coefficient (Wildman–Crippen LogP) is 4.04. The molecule has 1 N–H and O–H groups in total. The van der Waals surface area contributed by atoms with Crippen LogP contribution in [0.3, 0.4) is 0 Å². The molecule has 0 heterocycles. The lowest BCUT2D eigenvalue weighted by atomic mass is 9.84. The van der Waals surface area contributed by atoms with Crippen LogP contribution in [0.25, 0.3) is 0 Å². The molecule has 0 aromatic heterocycles. The first-order chi connectivity index (χ1) is 9.13. The number of hydrogen-bond acceptors (Lipinski definition) is 2. The van der Waals surface area contributed by atoms with Crippen LogP contribution in [0.4, 0.5) is 0 Å². The summed E-state index contributed by atoms with van der Waals surface area (Å²) in [6.07, 6.45) is 5.92. The maximum atomic E-state index is 11.3. The van der Waals surface area contributed by atoms with Gasteiger partial charge in [-0.15, -0.1) is 0 Å². The van der Waals surface area contributed by atoms with Crippen LogP contribution in [-0.4, -0.2) is 17.2 Å². The number of rotatable bonds is 4. The Morgan fingerprint density at radius 2 is 2.11 bits per heavy atom. The molecular weight excluding hydrogens is 240 g/mol. The Bertz CT molecular complexity index is 453. The zero-order valence-corrected chi connectivity index (χ0v) is 11.7. The van der Waals surface area contributed by atoms with Gasteiger partial charge in [-0.05, 0) is 50.2 Å². The average molecular weight is 262 g/mol. The molecule has 1 aliphatic rings. The summed E-state index contributed by atoms with van der Waals surface area (Å²) in [5.41, 5.74) is 1.18. The second kappa shape index (κ2) is 6.09. The van der Waals surface area contributed by atoms with E-state index in [9.17, 15) is 9.90 Å². The predicted molar refractivity (Wildman–Crippen MR) is 74.8 cm³/mol. The highest BCUT2D eigenvalue weighted by Gasteiger charge is 2.27. The molecule has 0 radical (unpaired) electrons. The summed E-state index contributed by atoms with van der Waals surface area (Å²) in [5.74, 6) is 0.193. The molecule has 3 nitrogen and oxygen atoms in total. The first-order valence-electron chi connectivity index (χ1n) is 7.13. The van der Waals surface area contributed by atoms with Gasteiger partial charge < -0.3 is 9.84 Å². The number of carboxylic acids is 1. The number of aromatic carboxylic acids is 1. The van der Waals surface area contributed by atoms with Crippen LogP contribution in [0.15, 0.2) is 18.2 Å². The van der Waals surface area contributed by atoms with Crippen molar-refractivity contribution in [2.75, 3.05) is 0 Å². The Hall–Kier alpha value is -1.51. The number of ether oxygens (including phenoxy) is 1. The largest absolute Gasteiger partial charge is 0.489 e. The van der Waals surface area contributed by atoms with Crippen molar-refractivity contribution in [3.05, 3.63) is 29.3 Å². The van der Waals surface area contributed by atoms with E-state index in [1.165, 1.54) is 19.3 Å². The average Bonchev–Trinajstić information content (AvgIpc) is 2.41. The quantitative estimate of drug-likeness (QED) is 0.890. The number of hydrogen-bond donors (Lipinski definition) is 1. The number of carboxylic acid groups (broad SMARTS) is 1. The highest BCUT2D eigenvalue weighted by atomic mass is 16.5. The molecule has 1 saturated carbocycles. The van der Waals surface area contributed by atoms with Crippen LogP contribution in [0.5, 0.6) is 5.75 Å². The zero-order chi connectivity index (χ0) is 13.8. The minimum absolute atomic E-state index is 0.165. The van der Waals surface area contributed by atoms with E-state index in [4.69, 9.17) is 4.74 Å². The smallest absolute Gasteiger partial charge is 0.339 e. The van der Waals surface area contributed by atoms with Crippen LogP contribution in [0, 0.1) is 12.8 Å². The molecule has 1 aromatic rings. The molecule has 2 atom stereocenters. The van der Waals surface area contributed by atoms with Gasteiger partial charge in [0, 0.05) is 0 Å². The Labute approximate surface area is 114 Å². The molecular formula is C16H22O3. The van der Waals surface area contributed by atoms with Crippen molar-refractivity contribution in [2.24, 2.45) is 5.92 Å². The monoisotopic (exact) mass is 262 g/mol. The van der Waals surface area contributed by atoms with Gasteiger partial charge in [0.15, 0.2) is 0 Å². The highest BCUT2D eigenvalue weighted by Crippen LogP contribution is 2.33. The van der Waals surface area contributed by atoms with Crippen molar-refractivity contribution < 1.29 is 14.6 Å². The van der Waals surface area contributed by atoms with Gasteiger partial charge in [0.25, 0.3) is 0 Å². The van der Waals surface area contributed by atoms with Crippen molar-refractivity contribution in [3.8, 4) is 5.75 Å². The first-order valence-corrected chi connectivity index (χ1v) is 7.13. The number of para-hydroxylation sites is 1. The standard InChI is InChI=1S/C16H22O3/c1-3-12-8-4-5-10-14(12)19-15-11(2)7-6-9-13(15)16(17)18/h6-7,9,12,14H,3-5,8,10H2,1-2H3,(H,17,18). The third-order valence-corrected chi connectivity index (χ3v) is 4.08. The van der Waals surface area contributed by atoms with Crippen molar-refractivity contribution in [2.45, 2.75) is 52.1 Å². The Kier molecular flexibility index (Phi) is 4.46. The fraction of sp³-hybridized carbons (Fsp3) is 0.562. The van der Waals surface area contributed by atoms with Crippen LogP contribution >= 0.6 is 0 Å². The molecule has 19 heavy (non-hydrogen) atoms. The van der Waals surface area contributed by atoms with Crippen LogP contribution < -0.4 is 4.74 Å². The summed E-state index contributed by atoms with van der Waals surface area (Å²) < 4.78 is 6.10. The lowest BCUT2D eigenvalue weighted by Gasteiger charge is -2.32. The molecule has 104 valence electrons. The van der Waals surface area contributed by atoms with Crippen molar-refractivity contribution >= 4 is 5.97 Å². The van der Waals surface area contributed by atoms with E-state index < -0.39 is 5.97 Å². The normalized spacial score (nSPS) is 23.1. The van der Waals surface area contributed by atoms with Gasteiger partial charge >= 0.3 is 5.97 Å². The third-order valence-electron chi connectivity index (χ3n) is 4.08. The summed E-state index contributed by atoms with van der Waals surface area (Å²) in [6.45, 7) is 4.09. The lowest BCUT2D eigenvalue weighted by molar-refractivity contribution is 0.0663. The van der Waals surface area contributed by atoms with Gasteiger partial charge in [-0.25, -0.2) is 4.79 Å². The van der Waals surface area contributed by atoms with Gasteiger partial charge in [0.05, 0.1) is 0 Å². The summed E-state index contributed by atoms with van der Waals surface area (Å²) in [4.78, 5) is 11.3. The summed E-state index contributed by atoms with van der Waals surface area (Å²) in [5, 5.41) is 9.26. The molecule has 3 heteroatoms.